The second-order valence-corrected chi connectivity index (χ2v) is 7.40. The Labute approximate surface area is 149 Å². The quantitative estimate of drug-likeness (QED) is 0.814. The average Bonchev–Trinajstić information content (AvgIpc) is 3.34. The number of carbonyl (C=O) groups is 1. The molecule has 3 fully saturated rings. The molecule has 0 radical (unpaired) electrons. The molecular weight excluding hydrogens is 320 g/mol. The number of nitrogens with zero attached hydrogens (tertiary/aromatic N) is 2. The standard InChI is InChI=1S/C19H28N2O4/c1-14-4-5-15(25-14)12-21-10-11-23-19-16(21)6-7-17(19)24-13-18(22)20-8-2-3-9-20/h4-5,16-17,19H,2-3,6-13H2,1H3/t16-,17+,19+/m0/s1. The second kappa shape index (κ2) is 7.48. The third-order valence-corrected chi connectivity index (χ3v) is 5.69. The van der Waals surface area contributed by atoms with Crippen LogP contribution in [-0.4, -0.2) is 66.8 Å². The van der Waals surface area contributed by atoms with Crippen LogP contribution in [-0.2, 0) is 20.8 Å². The van der Waals surface area contributed by atoms with Gasteiger partial charge in [-0.15, -0.1) is 0 Å². The van der Waals surface area contributed by atoms with Gasteiger partial charge in [-0.2, -0.15) is 0 Å². The minimum Gasteiger partial charge on any atom is -0.465 e. The van der Waals surface area contributed by atoms with E-state index in [2.05, 4.69) is 11.0 Å². The van der Waals surface area contributed by atoms with E-state index in [4.69, 9.17) is 13.9 Å². The van der Waals surface area contributed by atoms with Crippen LogP contribution in [0.25, 0.3) is 0 Å². The molecule has 1 saturated carbocycles. The number of rotatable bonds is 5. The highest BCUT2D eigenvalue weighted by atomic mass is 16.5. The number of hydrogen-bond acceptors (Lipinski definition) is 5. The fourth-order valence-electron chi connectivity index (χ4n) is 4.37. The molecule has 6 heteroatoms. The van der Waals surface area contributed by atoms with Gasteiger partial charge in [-0.05, 0) is 44.7 Å². The molecule has 0 spiro atoms. The minimum absolute atomic E-state index is 0.0256. The lowest BCUT2D eigenvalue weighted by atomic mass is 10.1. The number of carbonyl (C=O) groups excluding carboxylic acids is 1. The van der Waals surface area contributed by atoms with Gasteiger partial charge < -0.3 is 18.8 Å². The first kappa shape index (κ1) is 17.1. The maximum absolute atomic E-state index is 12.2. The van der Waals surface area contributed by atoms with Crippen molar-refractivity contribution < 1.29 is 18.7 Å². The van der Waals surface area contributed by atoms with Gasteiger partial charge in [0.05, 0.1) is 25.4 Å². The van der Waals surface area contributed by atoms with E-state index in [9.17, 15) is 4.79 Å². The number of likely N-dealkylation sites (tertiary alicyclic amines) is 1. The van der Waals surface area contributed by atoms with Gasteiger partial charge in [0.1, 0.15) is 18.1 Å². The summed E-state index contributed by atoms with van der Waals surface area (Å²) < 4.78 is 17.7. The normalized spacial score (nSPS) is 30.0. The Hall–Kier alpha value is -1.37. The maximum atomic E-state index is 12.2. The third-order valence-electron chi connectivity index (χ3n) is 5.69. The highest BCUT2D eigenvalue weighted by Crippen LogP contribution is 2.33. The first-order valence-electron chi connectivity index (χ1n) is 9.51. The van der Waals surface area contributed by atoms with Crippen molar-refractivity contribution in [3.8, 4) is 0 Å². The second-order valence-electron chi connectivity index (χ2n) is 7.40. The van der Waals surface area contributed by atoms with Gasteiger partial charge in [-0.1, -0.05) is 0 Å². The monoisotopic (exact) mass is 348 g/mol. The number of morpholine rings is 1. The highest BCUT2D eigenvalue weighted by molar-refractivity contribution is 5.77. The van der Waals surface area contributed by atoms with Gasteiger partial charge >= 0.3 is 0 Å². The molecule has 25 heavy (non-hydrogen) atoms. The van der Waals surface area contributed by atoms with Gasteiger partial charge in [-0.3, -0.25) is 9.69 Å². The lowest BCUT2D eigenvalue weighted by Crippen LogP contribution is -2.51. The maximum Gasteiger partial charge on any atom is 0.248 e. The summed E-state index contributed by atoms with van der Waals surface area (Å²) in [6.07, 6.45) is 4.33. The number of furan rings is 1. The van der Waals surface area contributed by atoms with Crippen molar-refractivity contribution in [1.29, 1.82) is 0 Å². The zero-order valence-electron chi connectivity index (χ0n) is 15.0. The van der Waals surface area contributed by atoms with Crippen LogP contribution >= 0.6 is 0 Å². The van der Waals surface area contributed by atoms with Crippen molar-refractivity contribution in [2.45, 2.75) is 57.4 Å². The number of aryl methyl sites for hydroxylation is 1. The minimum atomic E-state index is 0.0256. The fraction of sp³-hybridized carbons (Fsp3) is 0.737. The molecule has 1 aromatic rings. The molecule has 1 amide bonds. The molecule has 0 unspecified atom stereocenters. The van der Waals surface area contributed by atoms with Crippen molar-refractivity contribution in [3.63, 3.8) is 0 Å². The van der Waals surface area contributed by atoms with Crippen LogP contribution in [0.1, 0.15) is 37.2 Å². The molecule has 0 aromatic carbocycles. The predicted molar refractivity (Wildman–Crippen MR) is 92.2 cm³/mol. The van der Waals surface area contributed by atoms with Crippen LogP contribution in [0.3, 0.4) is 0 Å². The van der Waals surface area contributed by atoms with Gasteiger partial charge in [0.25, 0.3) is 0 Å². The summed E-state index contributed by atoms with van der Waals surface area (Å²) in [5.74, 6) is 2.08. The topological polar surface area (TPSA) is 55.2 Å². The van der Waals surface area contributed by atoms with E-state index >= 15 is 0 Å². The Bertz CT molecular complexity index is 596. The van der Waals surface area contributed by atoms with E-state index in [1.165, 1.54) is 0 Å². The molecule has 0 bridgehead atoms. The number of hydrogen-bond donors (Lipinski definition) is 0. The van der Waals surface area contributed by atoms with Crippen LogP contribution in [0.2, 0.25) is 0 Å². The van der Waals surface area contributed by atoms with Crippen LogP contribution in [0, 0.1) is 6.92 Å². The Balaban J connectivity index is 1.32. The summed E-state index contributed by atoms with van der Waals surface area (Å²) in [6, 6.07) is 4.42. The molecule has 2 aliphatic heterocycles. The summed E-state index contributed by atoms with van der Waals surface area (Å²) >= 11 is 0. The van der Waals surface area contributed by atoms with Crippen LogP contribution in [0.15, 0.2) is 16.5 Å². The SMILES string of the molecule is Cc1ccc(CN2CCO[C@H]3[C@H](OCC(=O)N4CCCC4)CC[C@@H]32)o1. The Kier molecular flexibility index (Phi) is 5.10. The molecule has 3 heterocycles. The third kappa shape index (κ3) is 3.76. The zero-order valence-corrected chi connectivity index (χ0v) is 15.0. The van der Waals surface area contributed by atoms with Crippen LogP contribution in [0.4, 0.5) is 0 Å². The molecule has 4 rings (SSSR count). The number of fused-ring (bicyclic) bond motifs is 1. The zero-order chi connectivity index (χ0) is 17.2. The molecule has 1 aromatic heterocycles. The van der Waals surface area contributed by atoms with Gasteiger partial charge in [0.2, 0.25) is 5.91 Å². The van der Waals surface area contributed by atoms with E-state index in [0.717, 1.165) is 63.4 Å². The lowest BCUT2D eigenvalue weighted by Gasteiger charge is -2.38. The van der Waals surface area contributed by atoms with E-state index < -0.39 is 0 Å². The summed E-state index contributed by atoms with van der Waals surface area (Å²) in [6.45, 7) is 6.37. The van der Waals surface area contributed by atoms with Gasteiger partial charge in [0, 0.05) is 25.7 Å². The van der Waals surface area contributed by atoms with Crippen LogP contribution < -0.4 is 0 Å². The largest absolute Gasteiger partial charge is 0.465 e. The van der Waals surface area contributed by atoms with Crippen molar-refractivity contribution in [2.24, 2.45) is 0 Å². The van der Waals surface area contributed by atoms with Crippen molar-refractivity contribution in [3.05, 3.63) is 23.7 Å². The molecule has 6 nitrogen and oxygen atoms in total. The van der Waals surface area contributed by atoms with E-state index in [1.54, 1.807) is 0 Å². The van der Waals surface area contributed by atoms with Crippen molar-refractivity contribution in [1.82, 2.24) is 9.80 Å². The molecule has 0 N–H and O–H groups in total. The van der Waals surface area contributed by atoms with Gasteiger partial charge in [-0.25, -0.2) is 0 Å². The predicted octanol–water partition coefficient (Wildman–Crippen LogP) is 1.96. The summed E-state index contributed by atoms with van der Waals surface area (Å²) in [4.78, 5) is 16.6. The summed E-state index contributed by atoms with van der Waals surface area (Å²) in [7, 11) is 0. The van der Waals surface area contributed by atoms with Crippen LogP contribution in [0.5, 0.6) is 0 Å². The molecule has 2 saturated heterocycles. The Morgan fingerprint density at radius 3 is 2.84 bits per heavy atom. The summed E-state index contributed by atoms with van der Waals surface area (Å²) in [5.41, 5.74) is 0. The first-order valence-corrected chi connectivity index (χ1v) is 9.51. The molecule has 138 valence electrons. The molecule has 3 aliphatic rings. The smallest absolute Gasteiger partial charge is 0.248 e. The highest BCUT2D eigenvalue weighted by Gasteiger charge is 2.43. The molecule has 1 aliphatic carbocycles. The first-order chi connectivity index (χ1) is 12.2. The fourth-order valence-corrected chi connectivity index (χ4v) is 4.37. The van der Waals surface area contributed by atoms with E-state index in [1.807, 2.05) is 17.9 Å². The number of ether oxygens (including phenoxy) is 2. The lowest BCUT2D eigenvalue weighted by molar-refractivity contribution is -0.145. The average molecular weight is 348 g/mol. The molecule has 3 atom stereocenters. The van der Waals surface area contributed by atoms with Gasteiger partial charge in [0.15, 0.2) is 0 Å². The molecular formula is C19H28N2O4. The van der Waals surface area contributed by atoms with Crippen molar-refractivity contribution in [2.75, 3.05) is 32.8 Å². The van der Waals surface area contributed by atoms with Crippen molar-refractivity contribution >= 4 is 5.91 Å². The Morgan fingerprint density at radius 2 is 2.08 bits per heavy atom. The Morgan fingerprint density at radius 1 is 1.24 bits per heavy atom. The number of amides is 1. The van der Waals surface area contributed by atoms with E-state index in [-0.39, 0.29) is 24.7 Å². The van der Waals surface area contributed by atoms with E-state index in [0.29, 0.717) is 12.6 Å². The summed E-state index contributed by atoms with van der Waals surface area (Å²) in [5, 5.41) is 0.